The normalized spacial score (nSPS) is 14.2. The number of allylic oxidation sites excluding steroid dienone is 2. The van der Waals surface area contributed by atoms with Crippen LogP contribution in [0.3, 0.4) is 0 Å². The number of hydrogen-bond acceptors (Lipinski definition) is 12. The molecule has 98 heavy (non-hydrogen) atoms. The van der Waals surface area contributed by atoms with Gasteiger partial charge in [-0.2, -0.15) is 0 Å². The van der Waals surface area contributed by atoms with E-state index < -0.39 is 37.3 Å². The van der Waals surface area contributed by atoms with Gasteiger partial charge in [0.2, 0.25) is 19.7 Å². The van der Waals surface area contributed by atoms with Crippen molar-refractivity contribution < 1.29 is 63.8 Å². The Morgan fingerprint density at radius 1 is 0.480 bits per heavy atom. The fourth-order valence-corrected chi connectivity index (χ4v) is 18.9. The second-order valence-electron chi connectivity index (χ2n) is 24.0. The summed E-state index contributed by atoms with van der Waals surface area (Å²) in [5, 5.41) is 20.4. The number of carbonyl (C=O) groups is 4. The van der Waals surface area contributed by atoms with Crippen LogP contribution in [0.4, 0.5) is 13.2 Å². The summed E-state index contributed by atoms with van der Waals surface area (Å²) in [5.41, 5.74) is 11.8. The lowest BCUT2D eigenvalue weighted by molar-refractivity contribution is -0.144. The van der Waals surface area contributed by atoms with E-state index in [2.05, 4.69) is 24.4 Å². The molecule has 21 heteroatoms. The quantitative estimate of drug-likeness (QED) is 0.0759. The molecule has 3 unspecified atom stereocenters. The Bertz CT molecular complexity index is 5480. The summed E-state index contributed by atoms with van der Waals surface area (Å²) < 4.78 is 111. The molecule has 504 valence electrons. The summed E-state index contributed by atoms with van der Waals surface area (Å²) in [5.74, 6) is -3.23. The number of ketones is 1. The second-order valence-corrected chi connectivity index (χ2v) is 29.4. The van der Waals surface area contributed by atoms with E-state index in [9.17, 15) is 54.3 Å². The van der Waals surface area contributed by atoms with Crippen LogP contribution in [0.5, 0.6) is 0 Å². The number of thiophene rings is 2. The van der Waals surface area contributed by atoms with Crippen molar-refractivity contribution in [3.8, 4) is 0 Å². The van der Waals surface area contributed by atoms with Crippen LogP contribution >= 0.6 is 22.7 Å². The summed E-state index contributed by atoms with van der Waals surface area (Å²) >= 11 is 3.34. The lowest BCUT2D eigenvalue weighted by atomic mass is 9.87. The zero-order valence-corrected chi connectivity index (χ0v) is 58.4. The summed E-state index contributed by atoms with van der Waals surface area (Å²) in [6.07, 6.45) is 0. The zero-order chi connectivity index (χ0) is 70.2. The number of benzene rings is 7. The van der Waals surface area contributed by atoms with E-state index in [-0.39, 0.29) is 77.3 Å². The standard InChI is InChI=1S/C23H22FNO4S.C23H22FNO2S.C21H18FNO4S.C10H8OS/c1-4-29-22(26)12-25-15(3)23(18-11-16(24)9-10-20(18)25)14(2)19-13-30(27,28)21-8-6-5-7-17(19)21;1-4-27-22(26)12-25-15(3)23(18-11-16(24)9-10-20(18)25)14(2)19-13-28-21-8-6-5-7-17(19)21;1-12(17-11-28(26,27)19-6-4-3-5-15(17)19)21-13(2)23(10-20(24)25)18-8-7-14(22)9-16(18)21;1-7(11)9-6-12-10-5-3-2-4-8(9)10/h5-11,13-14H,4,12H2,1-3H3;5-11,13-14H,4,12H2,1-3H3;3-9,11-12H,10H2,1-2H3,(H,24,25);2-6H,1H3. The average molecular weight is 1400 g/mol. The van der Waals surface area contributed by atoms with Crippen LogP contribution in [0, 0.1) is 38.2 Å². The van der Waals surface area contributed by atoms with Crippen LogP contribution in [0.2, 0.25) is 0 Å². The topological polar surface area (TPSA) is 190 Å². The molecule has 0 fully saturated rings. The molecular formula is C77H70F3N3O11S4. The van der Waals surface area contributed by atoms with Gasteiger partial charge in [-0.15, -0.1) is 22.7 Å². The molecule has 2 aliphatic rings. The molecule has 7 heterocycles. The first-order valence-electron chi connectivity index (χ1n) is 31.7. The Morgan fingerprint density at radius 2 is 0.847 bits per heavy atom. The Morgan fingerprint density at radius 3 is 1.27 bits per heavy atom. The van der Waals surface area contributed by atoms with E-state index in [0.29, 0.717) is 56.4 Å². The number of fused-ring (bicyclic) bond motifs is 7. The van der Waals surface area contributed by atoms with Crippen molar-refractivity contribution in [1.29, 1.82) is 0 Å². The monoisotopic (exact) mass is 1400 g/mol. The molecular weight excluding hydrogens is 1330 g/mol. The van der Waals surface area contributed by atoms with E-state index in [1.54, 1.807) is 132 Å². The van der Waals surface area contributed by atoms with Crippen LogP contribution in [0.15, 0.2) is 183 Å². The molecule has 7 aromatic carbocycles. The highest BCUT2D eigenvalue weighted by molar-refractivity contribution is 7.95. The highest BCUT2D eigenvalue weighted by atomic mass is 32.2. The number of aromatic nitrogens is 3. The van der Waals surface area contributed by atoms with E-state index in [4.69, 9.17) is 9.47 Å². The van der Waals surface area contributed by atoms with Crippen molar-refractivity contribution in [2.45, 2.75) is 109 Å². The fourth-order valence-electron chi connectivity index (χ4n) is 13.7. The third-order valence-electron chi connectivity index (χ3n) is 18.1. The predicted molar refractivity (Wildman–Crippen MR) is 382 cm³/mol. The zero-order valence-electron chi connectivity index (χ0n) is 55.1. The number of carboxylic acids is 1. The average Bonchev–Trinajstić information content (AvgIpc) is 1.60. The Hall–Kier alpha value is -9.67. The molecule has 0 bridgehead atoms. The fraction of sp³-hybridized carbons (Fsp3) is 0.221. The number of halogens is 3. The number of carbonyl (C=O) groups excluding carboxylic acids is 3. The minimum Gasteiger partial charge on any atom is -0.480 e. The van der Waals surface area contributed by atoms with Crippen LogP contribution in [-0.2, 0) is 63.2 Å². The molecule has 0 radical (unpaired) electrons. The minimum absolute atomic E-state index is 0.00244. The summed E-state index contributed by atoms with van der Waals surface area (Å²) in [6, 6.07) is 43.4. The van der Waals surface area contributed by atoms with Gasteiger partial charge >= 0.3 is 17.9 Å². The molecule has 0 saturated carbocycles. The first-order chi connectivity index (χ1) is 46.7. The molecule has 12 aromatic rings. The maximum Gasteiger partial charge on any atom is 0.325 e. The van der Waals surface area contributed by atoms with E-state index >= 15 is 0 Å². The Balaban J connectivity index is 0.000000137. The van der Waals surface area contributed by atoms with Crippen molar-refractivity contribution in [2.24, 2.45) is 0 Å². The lowest BCUT2D eigenvalue weighted by Gasteiger charge is -2.16. The largest absolute Gasteiger partial charge is 0.480 e. The van der Waals surface area contributed by atoms with Gasteiger partial charge in [0.15, 0.2) is 5.78 Å². The van der Waals surface area contributed by atoms with Gasteiger partial charge in [-0.1, -0.05) is 93.6 Å². The smallest absolute Gasteiger partial charge is 0.325 e. The highest BCUT2D eigenvalue weighted by Crippen LogP contribution is 2.48. The van der Waals surface area contributed by atoms with Crippen molar-refractivity contribution in [1.82, 2.24) is 13.7 Å². The number of nitrogens with zero attached hydrogens (tertiary/aromatic N) is 3. The Labute approximate surface area is 573 Å². The maximum atomic E-state index is 14.1. The van der Waals surface area contributed by atoms with Gasteiger partial charge < -0.3 is 28.3 Å². The Kier molecular flexibility index (Phi) is 20.2. The first kappa shape index (κ1) is 69.7. The SMILES string of the molecule is CC(=O)c1csc2ccccc12.CCOC(=O)Cn1c(C)c(C(C)C2=CS(=O)(=O)c3ccccc32)c2cc(F)ccc21.CCOC(=O)Cn1c(C)c(C(C)c2csc3ccccc23)c2cc(F)ccc21.Cc1c(C(C)C2=CS(=O)(=O)c3ccccc32)c2cc(F)ccc2n1CC(=O)O. The molecule has 0 spiro atoms. The third kappa shape index (κ3) is 13.6. The molecule has 3 atom stereocenters. The molecule has 0 amide bonds. The molecule has 14 nitrogen and oxygen atoms in total. The van der Waals surface area contributed by atoms with Crippen LogP contribution in [0.25, 0.3) is 64.0 Å². The highest BCUT2D eigenvalue weighted by Gasteiger charge is 2.35. The molecule has 0 saturated heterocycles. The van der Waals surface area contributed by atoms with Gasteiger partial charge in [-0.25, -0.2) is 30.0 Å². The summed E-state index contributed by atoms with van der Waals surface area (Å²) in [7, 11) is -7.05. The summed E-state index contributed by atoms with van der Waals surface area (Å²) in [6.45, 7) is 17.2. The molecule has 2 aliphatic heterocycles. The number of rotatable bonds is 15. The maximum absolute atomic E-state index is 14.1. The number of sulfone groups is 2. The molecule has 0 aliphatic carbocycles. The number of ether oxygens (including phenoxy) is 2. The van der Waals surface area contributed by atoms with Gasteiger partial charge in [-0.3, -0.25) is 19.2 Å². The van der Waals surface area contributed by atoms with E-state index in [1.807, 2.05) is 74.0 Å². The molecule has 14 rings (SSSR count). The number of aliphatic carboxylic acids is 1. The van der Waals surface area contributed by atoms with Crippen LogP contribution < -0.4 is 0 Å². The van der Waals surface area contributed by atoms with Gasteiger partial charge in [0.05, 0.1) is 23.0 Å². The van der Waals surface area contributed by atoms with E-state index in [1.165, 1.54) is 61.5 Å². The van der Waals surface area contributed by atoms with Gasteiger partial charge in [0.25, 0.3) is 0 Å². The first-order valence-corrected chi connectivity index (χ1v) is 36.5. The third-order valence-corrected chi connectivity index (χ3v) is 23.1. The summed E-state index contributed by atoms with van der Waals surface area (Å²) in [4.78, 5) is 47.3. The van der Waals surface area contributed by atoms with Crippen molar-refractivity contribution in [2.75, 3.05) is 13.2 Å². The minimum atomic E-state index is -3.53. The number of carboxylic acid groups (broad SMARTS) is 1. The van der Waals surface area contributed by atoms with Gasteiger partial charge in [0.1, 0.15) is 37.1 Å². The van der Waals surface area contributed by atoms with Crippen molar-refractivity contribution >= 4 is 130 Å². The number of Topliss-reactive ketones (excluding diaryl/α,β-unsaturated/α-hetero) is 1. The molecule has 1 N–H and O–H groups in total. The van der Waals surface area contributed by atoms with E-state index in [0.717, 1.165) is 49.9 Å². The van der Waals surface area contributed by atoms with Crippen LogP contribution in [-0.4, -0.2) is 72.5 Å². The molecule has 5 aromatic heterocycles. The second kappa shape index (κ2) is 28.4. The van der Waals surface area contributed by atoms with Crippen molar-refractivity contribution in [3.63, 3.8) is 0 Å². The number of esters is 2. The van der Waals surface area contributed by atoms with Gasteiger partial charge in [0, 0.05) is 104 Å². The lowest BCUT2D eigenvalue weighted by Crippen LogP contribution is -2.14. The van der Waals surface area contributed by atoms with Gasteiger partial charge in [-0.05, 0) is 176 Å². The van der Waals surface area contributed by atoms with Crippen LogP contribution in [0.1, 0.15) is 120 Å². The predicted octanol–water partition coefficient (Wildman–Crippen LogP) is 17.8. The number of hydrogen-bond donors (Lipinski definition) is 1. The van der Waals surface area contributed by atoms with Crippen molar-refractivity contribution in [3.05, 3.63) is 247 Å².